The van der Waals surface area contributed by atoms with E-state index in [1.165, 1.54) is 6.92 Å². The molecule has 1 saturated carbocycles. The summed E-state index contributed by atoms with van der Waals surface area (Å²) in [4.78, 5) is 23.3. The van der Waals surface area contributed by atoms with Gasteiger partial charge in [-0.05, 0) is 37.0 Å². The maximum atomic E-state index is 12.1. The molecule has 1 aromatic carbocycles. The van der Waals surface area contributed by atoms with Gasteiger partial charge in [0, 0.05) is 24.4 Å². The maximum Gasteiger partial charge on any atom is 0.224 e. The van der Waals surface area contributed by atoms with Crippen molar-refractivity contribution in [2.45, 2.75) is 38.6 Å². The average molecular weight is 346 g/mol. The zero-order chi connectivity index (χ0) is 15.4. The normalized spacial score (nSPS) is 20.1. The van der Waals surface area contributed by atoms with Crippen molar-refractivity contribution in [2.24, 2.45) is 11.7 Å². The highest BCUT2D eigenvalue weighted by Gasteiger charge is 2.26. The van der Waals surface area contributed by atoms with Gasteiger partial charge in [0.05, 0.1) is 11.4 Å². The monoisotopic (exact) mass is 345 g/mol. The third-order valence-corrected chi connectivity index (χ3v) is 3.97. The Hall–Kier alpha value is -1.30. The summed E-state index contributed by atoms with van der Waals surface area (Å²) in [6, 6.07) is 5.06. The number of halogens is 2. The molecule has 7 heteroatoms. The van der Waals surface area contributed by atoms with Gasteiger partial charge in [0.25, 0.3) is 0 Å². The van der Waals surface area contributed by atoms with Crippen LogP contribution in [0.4, 0.5) is 11.4 Å². The van der Waals surface area contributed by atoms with Gasteiger partial charge >= 0.3 is 0 Å². The molecule has 4 N–H and O–H groups in total. The lowest BCUT2D eigenvalue weighted by molar-refractivity contribution is -0.117. The van der Waals surface area contributed by atoms with Crippen LogP contribution >= 0.6 is 24.0 Å². The molecule has 0 aromatic heterocycles. The second-order valence-electron chi connectivity index (χ2n) is 5.48. The number of hydrogen-bond donors (Lipinski definition) is 3. The Bertz CT molecular complexity index is 552. The predicted octanol–water partition coefficient (Wildman–Crippen LogP) is 3.18. The van der Waals surface area contributed by atoms with E-state index in [-0.39, 0.29) is 36.2 Å². The van der Waals surface area contributed by atoms with E-state index in [4.69, 9.17) is 17.3 Å². The molecule has 0 radical (unpaired) electrons. The Labute approximate surface area is 141 Å². The van der Waals surface area contributed by atoms with Crippen molar-refractivity contribution in [2.75, 3.05) is 10.6 Å². The zero-order valence-electron chi connectivity index (χ0n) is 12.4. The van der Waals surface area contributed by atoms with Crippen LogP contribution in [-0.2, 0) is 9.59 Å². The fraction of sp³-hybridized carbons (Fsp3) is 0.467. The maximum absolute atomic E-state index is 12.1. The third-order valence-electron chi connectivity index (χ3n) is 3.73. The number of nitrogens with one attached hydrogen (secondary N) is 2. The highest BCUT2D eigenvalue weighted by Crippen LogP contribution is 2.29. The molecular formula is C15H21Cl2N3O2. The van der Waals surface area contributed by atoms with E-state index in [2.05, 4.69) is 10.6 Å². The SMILES string of the molecule is CC(=O)Nc1ccc(Cl)cc1NC(=O)C[C@@H]1CCC[C@H]1N.Cl. The highest BCUT2D eigenvalue weighted by atomic mass is 35.5. The lowest BCUT2D eigenvalue weighted by atomic mass is 10.00. The molecule has 1 aromatic rings. The van der Waals surface area contributed by atoms with E-state index >= 15 is 0 Å². The van der Waals surface area contributed by atoms with Crippen LogP contribution in [0, 0.1) is 5.92 Å². The van der Waals surface area contributed by atoms with Gasteiger partial charge in [0.2, 0.25) is 11.8 Å². The predicted molar refractivity (Wildman–Crippen MR) is 91.6 cm³/mol. The number of anilines is 2. The summed E-state index contributed by atoms with van der Waals surface area (Å²) < 4.78 is 0. The number of hydrogen-bond acceptors (Lipinski definition) is 3. The van der Waals surface area contributed by atoms with Gasteiger partial charge in [-0.2, -0.15) is 0 Å². The third kappa shape index (κ3) is 5.16. The lowest BCUT2D eigenvalue weighted by Crippen LogP contribution is -2.28. The lowest BCUT2D eigenvalue weighted by Gasteiger charge is -2.16. The molecule has 0 heterocycles. The van der Waals surface area contributed by atoms with Gasteiger partial charge in [-0.1, -0.05) is 18.0 Å². The molecule has 0 spiro atoms. The molecule has 2 amide bonds. The Morgan fingerprint density at radius 2 is 2.00 bits per heavy atom. The van der Waals surface area contributed by atoms with Crippen LogP contribution in [0.25, 0.3) is 0 Å². The molecule has 2 atom stereocenters. The average Bonchev–Trinajstić information content (AvgIpc) is 2.78. The van der Waals surface area contributed by atoms with E-state index in [9.17, 15) is 9.59 Å². The standard InChI is InChI=1S/C15H20ClN3O2.ClH/c1-9(20)18-13-6-5-11(16)8-14(13)19-15(21)7-10-3-2-4-12(10)17;/h5-6,8,10,12H,2-4,7,17H2,1H3,(H,18,20)(H,19,21);1H/t10-,12+;/m0./s1. The summed E-state index contributed by atoms with van der Waals surface area (Å²) >= 11 is 5.95. The molecule has 0 bridgehead atoms. The highest BCUT2D eigenvalue weighted by molar-refractivity contribution is 6.31. The van der Waals surface area contributed by atoms with Gasteiger partial charge in [0.15, 0.2) is 0 Å². The summed E-state index contributed by atoms with van der Waals surface area (Å²) in [6.45, 7) is 1.41. The summed E-state index contributed by atoms with van der Waals surface area (Å²) in [5, 5.41) is 5.98. The van der Waals surface area contributed by atoms with Crippen LogP contribution < -0.4 is 16.4 Å². The van der Waals surface area contributed by atoms with Crippen LogP contribution in [0.2, 0.25) is 5.02 Å². The molecule has 0 saturated heterocycles. The fourth-order valence-corrected chi connectivity index (χ4v) is 2.85. The summed E-state index contributed by atoms with van der Waals surface area (Å²) in [6.07, 6.45) is 3.44. The molecule has 0 aliphatic heterocycles. The first-order chi connectivity index (χ1) is 9.95. The van der Waals surface area contributed by atoms with E-state index in [0.29, 0.717) is 22.8 Å². The van der Waals surface area contributed by atoms with Crippen molar-refractivity contribution in [1.82, 2.24) is 0 Å². The van der Waals surface area contributed by atoms with E-state index in [1.54, 1.807) is 18.2 Å². The minimum Gasteiger partial charge on any atom is -0.327 e. The molecule has 22 heavy (non-hydrogen) atoms. The topological polar surface area (TPSA) is 84.2 Å². The van der Waals surface area contributed by atoms with Crippen LogP contribution in [0.1, 0.15) is 32.6 Å². The van der Waals surface area contributed by atoms with Crippen molar-refractivity contribution in [3.05, 3.63) is 23.2 Å². The molecule has 5 nitrogen and oxygen atoms in total. The number of nitrogens with two attached hydrogens (primary N) is 1. The largest absolute Gasteiger partial charge is 0.327 e. The Morgan fingerprint density at radius 1 is 1.27 bits per heavy atom. The first-order valence-corrected chi connectivity index (χ1v) is 7.46. The summed E-state index contributed by atoms with van der Waals surface area (Å²) in [5.74, 6) is -0.0785. The Balaban J connectivity index is 0.00000242. The Morgan fingerprint density at radius 3 is 2.59 bits per heavy atom. The number of rotatable bonds is 4. The van der Waals surface area contributed by atoms with Gasteiger partial charge < -0.3 is 16.4 Å². The molecule has 1 aliphatic carbocycles. The molecular weight excluding hydrogens is 325 g/mol. The number of benzene rings is 1. The number of amides is 2. The number of carbonyl (C=O) groups excluding carboxylic acids is 2. The molecule has 1 fully saturated rings. The summed E-state index contributed by atoms with van der Waals surface area (Å²) in [7, 11) is 0. The van der Waals surface area contributed by atoms with Crippen molar-refractivity contribution < 1.29 is 9.59 Å². The first kappa shape index (κ1) is 18.7. The second-order valence-corrected chi connectivity index (χ2v) is 5.91. The minimum atomic E-state index is -0.203. The minimum absolute atomic E-state index is 0. The van der Waals surface area contributed by atoms with Crippen molar-refractivity contribution in [1.29, 1.82) is 0 Å². The second kappa shape index (κ2) is 8.36. The van der Waals surface area contributed by atoms with Crippen LogP contribution in [-0.4, -0.2) is 17.9 Å². The van der Waals surface area contributed by atoms with E-state index in [0.717, 1.165) is 19.3 Å². The smallest absolute Gasteiger partial charge is 0.224 e. The van der Waals surface area contributed by atoms with Gasteiger partial charge in [0.1, 0.15) is 0 Å². The van der Waals surface area contributed by atoms with E-state index in [1.807, 2.05) is 0 Å². The molecule has 2 rings (SSSR count). The van der Waals surface area contributed by atoms with E-state index < -0.39 is 0 Å². The summed E-state index contributed by atoms with van der Waals surface area (Å²) in [5.41, 5.74) is 7.03. The van der Waals surface area contributed by atoms with Crippen LogP contribution in [0.5, 0.6) is 0 Å². The zero-order valence-corrected chi connectivity index (χ0v) is 14.0. The van der Waals surface area contributed by atoms with Crippen molar-refractivity contribution >= 4 is 47.2 Å². The van der Waals surface area contributed by atoms with Gasteiger partial charge in [-0.3, -0.25) is 9.59 Å². The molecule has 122 valence electrons. The van der Waals surface area contributed by atoms with Gasteiger partial charge in [-0.15, -0.1) is 12.4 Å². The number of carbonyl (C=O) groups is 2. The van der Waals surface area contributed by atoms with Crippen LogP contribution in [0.15, 0.2) is 18.2 Å². The van der Waals surface area contributed by atoms with Gasteiger partial charge in [-0.25, -0.2) is 0 Å². The quantitative estimate of drug-likeness (QED) is 0.783. The van der Waals surface area contributed by atoms with Crippen LogP contribution in [0.3, 0.4) is 0 Å². The molecule has 0 unspecified atom stereocenters. The fourth-order valence-electron chi connectivity index (χ4n) is 2.68. The van der Waals surface area contributed by atoms with Crippen molar-refractivity contribution in [3.8, 4) is 0 Å². The Kier molecular flexibility index (Phi) is 7.13. The first-order valence-electron chi connectivity index (χ1n) is 7.08. The van der Waals surface area contributed by atoms with Crippen molar-refractivity contribution in [3.63, 3.8) is 0 Å². The molecule has 1 aliphatic rings.